The number of rotatable bonds is 6. The Morgan fingerprint density at radius 1 is 1.27 bits per heavy atom. The van der Waals surface area contributed by atoms with E-state index < -0.39 is 6.04 Å². The van der Waals surface area contributed by atoms with Crippen molar-refractivity contribution in [2.24, 2.45) is 11.7 Å². The van der Waals surface area contributed by atoms with Gasteiger partial charge in [-0.25, -0.2) is 0 Å². The second kappa shape index (κ2) is 8.56. The van der Waals surface area contributed by atoms with Crippen LogP contribution in [0.4, 0.5) is 5.69 Å². The molecule has 1 heterocycles. The lowest BCUT2D eigenvalue weighted by molar-refractivity contribution is -0.118. The second-order valence-corrected chi connectivity index (χ2v) is 7.38. The fraction of sp³-hybridized carbons (Fsp3) is 0.588. The van der Waals surface area contributed by atoms with Gasteiger partial charge in [-0.1, -0.05) is 26.0 Å². The topological polar surface area (TPSA) is 58.4 Å². The molecule has 0 radical (unpaired) electrons. The Balaban J connectivity index is 1.80. The number of hydrogen-bond donors (Lipinski definition) is 2. The minimum atomic E-state index is -0.461. The zero-order chi connectivity index (χ0) is 15.9. The van der Waals surface area contributed by atoms with Crippen molar-refractivity contribution >= 4 is 23.4 Å². The second-order valence-electron chi connectivity index (χ2n) is 6.16. The fourth-order valence-electron chi connectivity index (χ4n) is 2.40. The van der Waals surface area contributed by atoms with E-state index in [0.29, 0.717) is 0 Å². The van der Waals surface area contributed by atoms with Gasteiger partial charge in [-0.2, -0.15) is 11.8 Å². The quantitative estimate of drug-likeness (QED) is 0.843. The van der Waals surface area contributed by atoms with Gasteiger partial charge in [0, 0.05) is 36.8 Å². The number of thioether (sulfide) groups is 1. The van der Waals surface area contributed by atoms with Gasteiger partial charge in [-0.3, -0.25) is 4.79 Å². The number of amides is 1. The summed E-state index contributed by atoms with van der Waals surface area (Å²) in [5.41, 5.74) is 7.98. The van der Waals surface area contributed by atoms with Gasteiger partial charge in [0.2, 0.25) is 5.91 Å². The van der Waals surface area contributed by atoms with E-state index in [9.17, 15) is 4.79 Å². The lowest BCUT2D eigenvalue weighted by Gasteiger charge is -2.26. The Labute approximate surface area is 137 Å². The highest BCUT2D eigenvalue weighted by Gasteiger charge is 2.17. The van der Waals surface area contributed by atoms with E-state index in [4.69, 9.17) is 5.73 Å². The van der Waals surface area contributed by atoms with Gasteiger partial charge < -0.3 is 16.0 Å². The first-order chi connectivity index (χ1) is 10.6. The molecular weight excluding hydrogens is 294 g/mol. The first-order valence-electron chi connectivity index (χ1n) is 8.02. The third-order valence-corrected chi connectivity index (χ3v) is 5.01. The fourth-order valence-corrected chi connectivity index (χ4v) is 3.37. The average Bonchev–Trinajstić information content (AvgIpc) is 2.54. The summed E-state index contributed by atoms with van der Waals surface area (Å²) >= 11 is 2.04. The molecule has 0 unspecified atom stereocenters. The number of anilines is 1. The van der Waals surface area contributed by atoms with Crippen molar-refractivity contribution in [1.82, 2.24) is 4.90 Å². The van der Waals surface area contributed by atoms with Crippen molar-refractivity contribution < 1.29 is 4.79 Å². The molecular formula is C17H27N3OS. The molecule has 0 spiro atoms. The number of carbonyl (C=O) groups excluding carboxylic acids is 1. The maximum absolute atomic E-state index is 11.9. The molecule has 1 aromatic rings. The van der Waals surface area contributed by atoms with Crippen molar-refractivity contribution in [3.05, 3.63) is 29.8 Å². The van der Waals surface area contributed by atoms with Crippen molar-refractivity contribution in [2.45, 2.75) is 26.3 Å². The molecule has 1 atom stereocenters. The third-order valence-electron chi connectivity index (χ3n) is 4.06. The van der Waals surface area contributed by atoms with Gasteiger partial charge >= 0.3 is 0 Å². The van der Waals surface area contributed by atoms with Gasteiger partial charge in [0.25, 0.3) is 0 Å². The van der Waals surface area contributed by atoms with Gasteiger partial charge in [0.15, 0.2) is 0 Å². The molecule has 4 nitrogen and oxygen atoms in total. The number of nitrogens with two attached hydrogens (primary N) is 1. The summed E-state index contributed by atoms with van der Waals surface area (Å²) in [5, 5.41) is 2.88. The minimum absolute atomic E-state index is 0.117. The molecule has 0 aliphatic carbocycles. The predicted molar refractivity (Wildman–Crippen MR) is 95.4 cm³/mol. The molecule has 0 saturated carbocycles. The molecule has 1 amide bonds. The van der Waals surface area contributed by atoms with Crippen LogP contribution in [-0.2, 0) is 11.2 Å². The van der Waals surface area contributed by atoms with Gasteiger partial charge in [0.05, 0.1) is 6.04 Å². The van der Waals surface area contributed by atoms with Crippen LogP contribution in [0.2, 0.25) is 0 Å². The SMILES string of the molecule is CC(C)[C@H](N)C(=O)Nc1ccc(CCN2CCSCC2)cc1. The van der Waals surface area contributed by atoms with Crippen molar-refractivity contribution in [2.75, 3.05) is 36.5 Å². The molecule has 122 valence electrons. The predicted octanol–water partition coefficient (Wildman–Crippen LogP) is 2.20. The Morgan fingerprint density at radius 2 is 1.91 bits per heavy atom. The van der Waals surface area contributed by atoms with Crippen molar-refractivity contribution in [1.29, 1.82) is 0 Å². The van der Waals surface area contributed by atoms with E-state index in [-0.39, 0.29) is 11.8 Å². The highest BCUT2D eigenvalue weighted by atomic mass is 32.2. The van der Waals surface area contributed by atoms with E-state index >= 15 is 0 Å². The maximum atomic E-state index is 11.9. The third kappa shape index (κ3) is 5.30. The molecule has 1 fully saturated rings. The summed E-state index contributed by atoms with van der Waals surface area (Å²) in [7, 11) is 0. The zero-order valence-electron chi connectivity index (χ0n) is 13.5. The molecule has 3 N–H and O–H groups in total. The number of nitrogens with zero attached hydrogens (tertiary/aromatic N) is 1. The molecule has 1 aromatic carbocycles. The van der Waals surface area contributed by atoms with Crippen LogP contribution in [-0.4, -0.2) is 48.0 Å². The summed E-state index contributed by atoms with van der Waals surface area (Å²) in [6.45, 7) is 7.42. The molecule has 1 saturated heterocycles. The van der Waals surface area contributed by atoms with E-state index in [1.807, 2.05) is 37.7 Å². The smallest absolute Gasteiger partial charge is 0.241 e. The number of hydrogen-bond acceptors (Lipinski definition) is 4. The zero-order valence-corrected chi connectivity index (χ0v) is 14.4. The maximum Gasteiger partial charge on any atom is 0.241 e. The number of benzene rings is 1. The number of nitrogens with one attached hydrogen (secondary N) is 1. The lowest BCUT2D eigenvalue weighted by atomic mass is 10.0. The Hall–Kier alpha value is -1.04. The van der Waals surface area contributed by atoms with E-state index in [2.05, 4.69) is 22.3 Å². The first kappa shape index (κ1) is 17.3. The summed E-state index contributed by atoms with van der Waals surface area (Å²) in [5.74, 6) is 2.53. The van der Waals surface area contributed by atoms with E-state index in [0.717, 1.165) is 18.7 Å². The summed E-state index contributed by atoms with van der Waals surface area (Å²) in [4.78, 5) is 14.4. The minimum Gasteiger partial charge on any atom is -0.325 e. The van der Waals surface area contributed by atoms with Crippen molar-refractivity contribution in [3.63, 3.8) is 0 Å². The van der Waals surface area contributed by atoms with Gasteiger partial charge in [-0.05, 0) is 30.0 Å². The summed E-state index contributed by atoms with van der Waals surface area (Å²) in [6, 6.07) is 7.65. The Morgan fingerprint density at radius 3 is 2.50 bits per heavy atom. The average molecular weight is 321 g/mol. The van der Waals surface area contributed by atoms with E-state index in [1.54, 1.807) is 0 Å². The normalized spacial score (nSPS) is 17.5. The van der Waals surface area contributed by atoms with Crippen LogP contribution in [0.3, 0.4) is 0 Å². The highest BCUT2D eigenvalue weighted by molar-refractivity contribution is 7.99. The number of carbonyl (C=O) groups is 1. The molecule has 0 bridgehead atoms. The van der Waals surface area contributed by atoms with Crippen LogP contribution in [0.5, 0.6) is 0 Å². The molecule has 5 heteroatoms. The van der Waals surface area contributed by atoms with Crippen LogP contribution in [0.15, 0.2) is 24.3 Å². The Kier molecular flexibility index (Phi) is 6.73. The highest BCUT2D eigenvalue weighted by Crippen LogP contribution is 2.13. The molecule has 1 aliphatic heterocycles. The largest absolute Gasteiger partial charge is 0.325 e. The molecule has 2 rings (SSSR count). The Bertz CT molecular complexity index is 469. The first-order valence-corrected chi connectivity index (χ1v) is 9.17. The molecule has 1 aliphatic rings. The van der Waals surface area contributed by atoms with Crippen LogP contribution < -0.4 is 11.1 Å². The van der Waals surface area contributed by atoms with Gasteiger partial charge in [-0.15, -0.1) is 0 Å². The standard InChI is InChI=1S/C17H27N3OS/c1-13(2)16(18)17(21)19-15-5-3-14(4-6-15)7-8-20-9-11-22-12-10-20/h3-6,13,16H,7-12,18H2,1-2H3,(H,19,21)/t16-/m0/s1. The van der Waals surface area contributed by atoms with Crippen molar-refractivity contribution in [3.8, 4) is 0 Å². The summed E-state index contributed by atoms with van der Waals surface area (Å²) < 4.78 is 0. The summed E-state index contributed by atoms with van der Waals surface area (Å²) in [6.07, 6.45) is 1.06. The lowest BCUT2D eigenvalue weighted by Crippen LogP contribution is -2.39. The van der Waals surface area contributed by atoms with Crippen LogP contribution in [0.25, 0.3) is 0 Å². The van der Waals surface area contributed by atoms with Crippen LogP contribution in [0.1, 0.15) is 19.4 Å². The monoisotopic (exact) mass is 321 g/mol. The molecule has 22 heavy (non-hydrogen) atoms. The van der Waals surface area contributed by atoms with E-state index in [1.165, 1.54) is 30.2 Å². The van der Waals surface area contributed by atoms with Crippen LogP contribution in [0, 0.1) is 5.92 Å². The van der Waals surface area contributed by atoms with Crippen LogP contribution >= 0.6 is 11.8 Å². The molecule has 0 aromatic heterocycles. The van der Waals surface area contributed by atoms with Gasteiger partial charge in [0.1, 0.15) is 0 Å².